The van der Waals surface area contributed by atoms with E-state index in [1.807, 2.05) is 36.6 Å². The van der Waals surface area contributed by atoms with Gasteiger partial charge in [-0.2, -0.15) is 0 Å². The highest BCUT2D eigenvalue weighted by Gasteiger charge is 2.15. The lowest BCUT2D eigenvalue weighted by Gasteiger charge is -2.13. The minimum Gasteiger partial charge on any atom is -0.457 e. The molecule has 1 atom stereocenters. The van der Waals surface area contributed by atoms with Gasteiger partial charge in [-0.25, -0.2) is 9.37 Å². The summed E-state index contributed by atoms with van der Waals surface area (Å²) in [5, 5.41) is 0.538. The predicted molar refractivity (Wildman–Crippen MR) is 114 cm³/mol. The number of aromatic nitrogens is 2. The molecule has 1 heterocycles. The summed E-state index contributed by atoms with van der Waals surface area (Å²) < 4.78 is 33.4. The van der Waals surface area contributed by atoms with Gasteiger partial charge in [0.1, 0.15) is 23.1 Å². The molecular formula is C22H18ClFN2O2S. The molecule has 1 unspecified atom stereocenters. The Kier molecular flexibility index (Phi) is 5.15. The summed E-state index contributed by atoms with van der Waals surface area (Å²) in [5.74, 6) is 1.04. The molecule has 0 aliphatic heterocycles. The van der Waals surface area contributed by atoms with Crippen molar-refractivity contribution in [3.8, 4) is 17.2 Å². The smallest absolute Gasteiger partial charge is 0.131 e. The Labute approximate surface area is 175 Å². The van der Waals surface area contributed by atoms with E-state index in [1.165, 1.54) is 18.4 Å². The first-order chi connectivity index (χ1) is 13.8. The minimum atomic E-state index is -1.31. The highest BCUT2D eigenvalue weighted by atomic mass is 35.5. The average molecular weight is 429 g/mol. The van der Waals surface area contributed by atoms with E-state index < -0.39 is 16.6 Å². The Morgan fingerprint density at radius 1 is 1.07 bits per heavy atom. The number of rotatable bonds is 4. The molecule has 0 bridgehead atoms. The molecule has 0 radical (unpaired) electrons. The van der Waals surface area contributed by atoms with Crippen molar-refractivity contribution < 1.29 is 13.3 Å². The summed E-state index contributed by atoms with van der Waals surface area (Å²) in [4.78, 5) is 5.03. The summed E-state index contributed by atoms with van der Waals surface area (Å²) in [7, 11) is -1.31. The van der Waals surface area contributed by atoms with Gasteiger partial charge in [-0.1, -0.05) is 23.7 Å². The van der Waals surface area contributed by atoms with Crippen molar-refractivity contribution in [2.75, 3.05) is 6.26 Å². The van der Waals surface area contributed by atoms with Crippen LogP contribution in [0.25, 0.3) is 16.7 Å². The predicted octanol–water partition coefficient (Wildman–Crippen LogP) is 5.96. The topological polar surface area (TPSA) is 44.1 Å². The molecule has 7 heteroatoms. The van der Waals surface area contributed by atoms with E-state index in [4.69, 9.17) is 16.3 Å². The van der Waals surface area contributed by atoms with Gasteiger partial charge in [0, 0.05) is 23.3 Å². The zero-order valence-electron chi connectivity index (χ0n) is 16.1. The van der Waals surface area contributed by atoms with E-state index in [1.54, 1.807) is 24.3 Å². The van der Waals surface area contributed by atoms with Crippen LogP contribution in [0, 0.1) is 19.7 Å². The second kappa shape index (κ2) is 7.61. The van der Waals surface area contributed by atoms with Crippen LogP contribution >= 0.6 is 11.6 Å². The highest BCUT2D eigenvalue weighted by molar-refractivity contribution is 7.84. The number of imidazole rings is 1. The van der Waals surface area contributed by atoms with Crippen LogP contribution in [0.2, 0.25) is 5.02 Å². The van der Waals surface area contributed by atoms with Gasteiger partial charge in [-0.05, 0) is 49.7 Å². The second-order valence-electron chi connectivity index (χ2n) is 6.73. The average Bonchev–Trinajstić information content (AvgIpc) is 3.00. The monoisotopic (exact) mass is 428 g/mol. The van der Waals surface area contributed by atoms with Gasteiger partial charge >= 0.3 is 0 Å². The normalized spacial score (nSPS) is 12.3. The van der Waals surface area contributed by atoms with Crippen LogP contribution in [0.15, 0.2) is 59.5 Å². The number of aryl methyl sites for hydroxylation is 2. The number of para-hydroxylation sites is 1. The number of hydrogen-bond acceptors (Lipinski definition) is 3. The van der Waals surface area contributed by atoms with Crippen LogP contribution in [-0.4, -0.2) is 20.0 Å². The zero-order chi connectivity index (χ0) is 20.7. The zero-order valence-corrected chi connectivity index (χ0v) is 17.6. The maximum absolute atomic E-state index is 13.9. The van der Waals surface area contributed by atoms with Crippen LogP contribution in [0.3, 0.4) is 0 Å². The Hall–Kier alpha value is -2.70. The Balaban J connectivity index is 1.80. The number of nitrogens with zero attached hydrogens (tertiary/aromatic N) is 2. The molecule has 1 aromatic heterocycles. The van der Waals surface area contributed by atoms with Crippen molar-refractivity contribution in [1.82, 2.24) is 9.55 Å². The maximum Gasteiger partial charge on any atom is 0.131 e. The first-order valence-electron chi connectivity index (χ1n) is 8.90. The van der Waals surface area contributed by atoms with Crippen LogP contribution in [0.1, 0.15) is 11.4 Å². The van der Waals surface area contributed by atoms with E-state index in [2.05, 4.69) is 4.98 Å². The molecule has 0 saturated heterocycles. The minimum absolute atomic E-state index is 0.270. The van der Waals surface area contributed by atoms with Gasteiger partial charge in [0.15, 0.2) is 0 Å². The van der Waals surface area contributed by atoms with Crippen molar-refractivity contribution >= 4 is 33.4 Å². The molecule has 4 aromatic rings. The van der Waals surface area contributed by atoms with Gasteiger partial charge < -0.3 is 4.74 Å². The van der Waals surface area contributed by atoms with Gasteiger partial charge in [-0.15, -0.1) is 0 Å². The number of hydrogen-bond donors (Lipinski definition) is 0. The molecular weight excluding hydrogens is 411 g/mol. The molecule has 0 aliphatic rings. The quantitative estimate of drug-likeness (QED) is 0.402. The van der Waals surface area contributed by atoms with E-state index in [-0.39, 0.29) is 5.75 Å². The SMILES string of the molecule is Cc1cccc2c1nc(C)n2-c1cc(Oc2cc(F)cc(S(C)=O)c2)ccc1Cl. The molecule has 0 amide bonds. The van der Waals surface area contributed by atoms with Crippen LogP contribution in [0.4, 0.5) is 4.39 Å². The number of halogens is 2. The lowest BCUT2D eigenvalue weighted by molar-refractivity contribution is 0.474. The van der Waals surface area contributed by atoms with E-state index in [9.17, 15) is 8.60 Å². The van der Waals surface area contributed by atoms with Gasteiger partial charge in [-0.3, -0.25) is 8.78 Å². The molecule has 0 spiro atoms. The van der Waals surface area contributed by atoms with Crippen molar-refractivity contribution in [3.63, 3.8) is 0 Å². The fourth-order valence-corrected chi connectivity index (χ4v) is 4.05. The Morgan fingerprint density at radius 2 is 1.86 bits per heavy atom. The summed E-state index contributed by atoms with van der Waals surface area (Å²) in [5.41, 5.74) is 3.64. The van der Waals surface area contributed by atoms with Crippen molar-refractivity contribution in [2.24, 2.45) is 0 Å². The summed E-state index contributed by atoms with van der Waals surface area (Å²) in [6.45, 7) is 3.93. The number of benzene rings is 3. The lowest BCUT2D eigenvalue weighted by atomic mass is 10.2. The third kappa shape index (κ3) is 3.78. The van der Waals surface area contributed by atoms with E-state index >= 15 is 0 Å². The molecule has 0 aliphatic carbocycles. The van der Waals surface area contributed by atoms with Gasteiger partial charge in [0.25, 0.3) is 0 Å². The largest absolute Gasteiger partial charge is 0.457 e. The van der Waals surface area contributed by atoms with Crippen molar-refractivity contribution in [2.45, 2.75) is 18.7 Å². The standard InChI is InChI=1S/C22H18ClFN2O2S/c1-13-5-4-6-20-22(13)25-14(2)26(20)21-12-16(7-8-19(21)23)28-17-9-15(24)10-18(11-17)29(3)27/h4-12H,1-3H3. The molecule has 148 valence electrons. The third-order valence-corrected chi connectivity index (χ3v) is 5.84. The number of fused-ring (bicyclic) bond motifs is 1. The van der Waals surface area contributed by atoms with E-state index in [0.29, 0.717) is 21.4 Å². The molecule has 0 N–H and O–H groups in total. The first-order valence-corrected chi connectivity index (χ1v) is 10.8. The summed E-state index contributed by atoms with van der Waals surface area (Å²) in [6, 6.07) is 15.3. The highest BCUT2D eigenvalue weighted by Crippen LogP contribution is 2.33. The van der Waals surface area contributed by atoms with Crippen molar-refractivity contribution in [3.05, 3.63) is 76.8 Å². The van der Waals surface area contributed by atoms with E-state index in [0.717, 1.165) is 22.4 Å². The molecule has 29 heavy (non-hydrogen) atoms. The summed E-state index contributed by atoms with van der Waals surface area (Å²) >= 11 is 6.49. The van der Waals surface area contributed by atoms with Gasteiger partial charge in [0.2, 0.25) is 0 Å². The fourth-order valence-electron chi connectivity index (χ4n) is 3.28. The molecule has 4 rings (SSSR count). The second-order valence-corrected chi connectivity index (χ2v) is 8.52. The van der Waals surface area contributed by atoms with Crippen LogP contribution in [-0.2, 0) is 10.8 Å². The van der Waals surface area contributed by atoms with Crippen LogP contribution < -0.4 is 4.74 Å². The maximum atomic E-state index is 13.9. The van der Waals surface area contributed by atoms with Gasteiger partial charge in [0.05, 0.1) is 32.5 Å². The number of ether oxygens (including phenoxy) is 1. The van der Waals surface area contributed by atoms with Crippen molar-refractivity contribution in [1.29, 1.82) is 0 Å². The molecule has 4 nitrogen and oxygen atoms in total. The molecule has 0 saturated carbocycles. The fraction of sp³-hybridized carbons (Fsp3) is 0.136. The Morgan fingerprint density at radius 3 is 2.62 bits per heavy atom. The molecule has 3 aromatic carbocycles. The third-order valence-electron chi connectivity index (χ3n) is 4.63. The van der Waals surface area contributed by atoms with Crippen LogP contribution in [0.5, 0.6) is 11.5 Å². The lowest BCUT2D eigenvalue weighted by Crippen LogP contribution is -1.99. The summed E-state index contributed by atoms with van der Waals surface area (Å²) in [6.07, 6.45) is 1.49. The molecule has 0 fully saturated rings. The Bertz CT molecular complexity index is 1270. The first kappa shape index (κ1) is 19.6.